The molecule has 0 saturated heterocycles. The van der Waals surface area contributed by atoms with Crippen molar-refractivity contribution in [1.82, 2.24) is 0 Å². The fourth-order valence-electron chi connectivity index (χ4n) is 1.74. The van der Waals surface area contributed by atoms with Crippen LogP contribution in [0.5, 0.6) is 5.75 Å². The molecular formula is C15H16N4O2. The van der Waals surface area contributed by atoms with E-state index in [-0.39, 0.29) is 5.91 Å². The van der Waals surface area contributed by atoms with E-state index in [1.165, 1.54) is 14.0 Å². The van der Waals surface area contributed by atoms with E-state index < -0.39 is 0 Å². The van der Waals surface area contributed by atoms with Crippen LogP contribution < -0.4 is 15.8 Å². The molecule has 0 radical (unpaired) electrons. The molecule has 2 rings (SSSR count). The van der Waals surface area contributed by atoms with Gasteiger partial charge in [0.2, 0.25) is 5.91 Å². The average Bonchev–Trinajstić information content (AvgIpc) is 2.47. The largest absolute Gasteiger partial charge is 0.495 e. The molecule has 0 aliphatic heterocycles. The van der Waals surface area contributed by atoms with E-state index in [1.807, 2.05) is 30.3 Å². The maximum Gasteiger partial charge on any atom is 0.221 e. The molecular weight excluding hydrogens is 268 g/mol. The third-order valence-electron chi connectivity index (χ3n) is 2.69. The summed E-state index contributed by atoms with van der Waals surface area (Å²) in [6.45, 7) is 1.42. The topological polar surface area (TPSA) is 89.1 Å². The molecule has 21 heavy (non-hydrogen) atoms. The Morgan fingerprint density at radius 1 is 1.19 bits per heavy atom. The van der Waals surface area contributed by atoms with Crippen molar-refractivity contribution in [2.45, 2.75) is 6.92 Å². The van der Waals surface area contributed by atoms with Gasteiger partial charge in [-0.3, -0.25) is 4.79 Å². The molecule has 2 aromatic carbocycles. The van der Waals surface area contributed by atoms with E-state index in [0.29, 0.717) is 28.5 Å². The van der Waals surface area contributed by atoms with Crippen molar-refractivity contribution in [3.63, 3.8) is 0 Å². The molecule has 0 aliphatic rings. The maximum atomic E-state index is 11.2. The standard InChI is InChI=1S/C15H16N4O2/c1-10(20)17-13-8-12(16)15(21-2)9-14(13)19-18-11-6-4-3-5-7-11/h3-9H,16H2,1-2H3,(H,17,20). The van der Waals surface area contributed by atoms with Crippen LogP contribution in [-0.4, -0.2) is 13.0 Å². The Morgan fingerprint density at radius 2 is 1.90 bits per heavy atom. The summed E-state index contributed by atoms with van der Waals surface area (Å²) in [4.78, 5) is 11.2. The molecule has 6 nitrogen and oxygen atoms in total. The van der Waals surface area contributed by atoms with Crippen molar-refractivity contribution in [2.75, 3.05) is 18.2 Å². The minimum absolute atomic E-state index is 0.212. The van der Waals surface area contributed by atoms with Crippen molar-refractivity contribution in [3.8, 4) is 5.75 Å². The molecule has 3 N–H and O–H groups in total. The Morgan fingerprint density at radius 3 is 2.52 bits per heavy atom. The molecule has 0 unspecified atom stereocenters. The number of anilines is 2. The number of nitrogen functional groups attached to an aromatic ring is 1. The van der Waals surface area contributed by atoms with E-state index in [4.69, 9.17) is 10.5 Å². The number of carbonyl (C=O) groups is 1. The number of amides is 1. The van der Waals surface area contributed by atoms with Gasteiger partial charge in [0.05, 0.1) is 24.2 Å². The lowest BCUT2D eigenvalue weighted by atomic mass is 10.2. The Balaban J connectivity index is 2.39. The van der Waals surface area contributed by atoms with Crippen LogP contribution in [-0.2, 0) is 4.79 Å². The Kier molecular flexibility index (Phi) is 4.50. The Labute approximate surface area is 122 Å². The number of ether oxygens (including phenoxy) is 1. The molecule has 0 bridgehead atoms. The molecule has 0 fully saturated rings. The summed E-state index contributed by atoms with van der Waals surface area (Å²) < 4.78 is 5.16. The molecule has 2 aromatic rings. The van der Waals surface area contributed by atoms with Crippen LogP contribution >= 0.6 is 0 Å². The highest BCUT2D eigenvalue weighted by Gasteiger charge is 2.09. The smallest absolute Gasteiger partial charge is 0.221 e. The first-order chi connectivity index (χ1) is 10.1. The van der Waals surface area contributed by atoms with Gasteiger partial charge < -0.3 is 15.8 Å². The summed E-state index contributed by atoms with van der Waals surface area (Å²) in [7, 11) is 1.52. The van der Waals surface area contributed by atoms with Gasteiger partial charge in [0.15, 0.2) is 0 Å². The first kappa shape index (κ1) is 14.5. The van der Waals surface area contributed by atoms with Crippen LogP contribution in [0.4, 0.5) is 22.7 Å². The van der Waals surface area contributed by atoms with Gasteiger partial charge in [-0.25, -0.2) is 0 Å². The third-order valence-corrected chi connectivity index (χ3v) is 2.69. The summed E-state index contributed by atoms with van der Waals surface area (Å²) in [6, 6.07) is 12.5. The molecule has 0 aromatic heterocycles. The second-order valence-electron chi connectivity index (χ2n) is 4.33. The minimum Gasteiger partial charge on any atom is -0.495 e. The summed E-state index contributed by atoms with van der Waals surface area (Å²) in [5.74, 6) is 0.266. The molecule has 0 heterocycles. The second kappa shape index (κ2) is 6.51. The molecule has 0 aliphatic carbocycles. The van der Waals surface area contributed by atoms with Gasteiger partial charge in [0, 0.05) is 13.0 Å². The molecule has 0 spiro atoms. The van der Waals surface area contributed by atoms with Gasteiger partial charge >= 0.3 is 0 Å². The van der Waals surface area contributed by atoms with Crippen molar-refractivity contribution < 1.29 is 9.53 Å². The van der Waals surface area contributed by atoms with Crippen LogP contribution in [0, 0.1) is 0 Å². The highest BCUT2D eigenvalue weighted by Crippen LogP contribution is 2.35. The summed E-state index contributed by atoms with van der Waals surface area (Å²) in [5.41, 5.74) is 7.92. The van der Waals surface area contributed by atoms with Gasteiger partial charge in [-0.2, -0.15) is 5.11 Å². The summed E-state index contributed by atoms with van der Waals surface area (Å²) in [6.07, 6.45) is 0. The number of nitrogens with one attached hydrogen (secondary N) is 1. The SMILES string of the molecule is COc1cc(N=Nc2ccccc2)c(NC(C)=O)cc1N. The van der Waals surface area contributed by atoms with Crippen LogP contribution in [0.2, 0.25) is 0 Å². The fourth-order valence-corrected chi connectivity index (χ4v) is 1.74. The van der Waals surface area contributed by atoms with Crippen molar-refractivity contribution in [2.24, 2.45) is 10.2 Å². The van der Waals surface area contributed by atoms with Gasteiger partial charge in [0.25, 0.3) is 0 Å². The third kappa shape index (κ3) is 3.79. The lowest BCUT2D eigenvalue weighted by Gasteiger charge is -2.10. The highest BCUT2D eigenvalue weighted by atomic mass is 16.5. The number of hydrogen-bond donors (Lipinski definition) is 2. The molecule has 0 atom stereocenters. The van der Waals surface area contributed by atoms with Crippen LogP contribution in [0.1, 0.15) is 6.92 Å². The van der Waals surface area contributed by atoms with E-state index in [1.54, 1.807) is 12.1 Å². The minimum atomic E-state index is -0.212. The molecule has 1 amide bonds. The number of nitrogens with two attached hydrogens (primary N) is 1. The van der Waals surface area contributed by atoms with E-state index >= 15 is 0 Å². The van der Waals surface area contributed by atoms with Crippen molar-refractivity contribution >= 4 is 28.7 Å². The van der Waals surface area contributed by atoms with Crippen LogP contribution in [0.3, 0.4) is 0 Å². The molecule has 6 heteroatoms. The van der Waals surface area contributed by atoms with Crippen LogP contribution in [0.15, 0.2) is 52.7 Å². The van der Waals surface area contributed by atoms with Crippen molar-refractivity contribution in [1.29, 1.82) is 0 Å². The van der Waals surface area contributed by atoms with Gasteiger partial charge in [-0.15, -0.1) is 5.11 Å². The zero-order chi connectivity index (χ0) is 15.2. The first-order valence-corrected chi connectivity index (χ1v) is 6.32. The van der Waals surface area contributed by atoms with E-state index in [0.717, 1.165) is 0 Å². The monoisotopic (exact) mass is 284 g/mol. The zero-order valence-corrected chi connectivity index (χ0v) is 11.8. The Hall–Kier alpha value is -2.89. The van der Waals surface area contributed by atoms with Gasteiger partial charge in [-0.05, 0) is 18.2 Å². The number of azo groups is 1. The van der Waals surface area contributed by atoms with Crippen LogP contribution in [0.25, 0.3) is 0 Å². The predicted molar refractivity (Wildman–Crippen MR) is 82.3 cm³/mol. The average molecular weight is 284 g/mol. The van der Waals surface area contributed by atoms with E-state index in [2.05, 4.69) is 15.5 Å². The molecule has 0 saturated carbocycles. The number of hydrogen-bond acceptors (Lipinski definition) is 5. The van der Waals surface area contributed by atoms with E-state index in [9.17, 15) is 4.79 Å². The number of methoxy groups -OCH3 is 1. The number of nitrogens with zero attached hydrogens (tertiary/aromatic N) is 2. The quantitative estimate of drug-likeness (QED) is 0.663. The normalized spacial score (nSPS) is 10.6. The first-order valence-electron chi connectivity index (χ1n) is 6.32. The highest BCUT2D eigenvalue weighted by molar-refractivity contribution is 5.93. The maximum absolute atomic E-state index is 11.2. The predicted octanol–water partition coefficient (Wildman–Crippen LogP) is 3.65. The second-order valence-corrected chi connectivity index (χ2v) is 4.33. The Bertz CT molecular complexity index is 669. The lowest BCUT2D eigenvalue weighted by Crippen LogP contribution is -2.06. The fraction of sp³-hybridized carbons (Fsp3) is 0.133. The number of carbonyl (C=O) groups excluding carboxylic acids is 1. The molecule has 108 valence electrons. The number of rotatable bonds is 4. The summed E-state index contributed by atoms with van der Waals surface area (Å²) in [5, 5.41) is 11.0. The summed E-state index contributed by atoms with van der Waals surface area (Å²) >= 11 is 0. The number of benzene rings is 2. The lowest BCUT2D eigenvalue weighted by molar-refractivity contribution is -0.114. The van der Waals surface area contributed by atoms with Gasteiger partial charge in [-0.1, -0.05) is 18.2 Å². The zero-order valence-electron chi connectivity index (χ0n) is 11.8. The van der Waals surface area contributed by atoms with Crippen molar-refractivity contribution in [3.05, 3.63) is 42.5 Å². The van der Waals surface area contributed by atoms with Gasteiger partial charge in [0.1, 0.15) is 11.4 Å².